The summed E-state index contributed by atoms with van der Waals surface area (Å²) in [6, 6.07) is 7.84. The van der Waals surface area contributed by atoms with Gasteiger partial charge in [-0.05, 0) is 74.0 Å². The first kappa shape index (κ1) is 20.7. The molecule has 1 amide bonds. The van der Waals surface area contributed by atoms with E-state index < -0.39 is 6.09 Å². The van der Waals surface area contributed by atoms with Crippen molar-refractivity contribution >= 4 is 17.1 Å². The van der Waals surface area contributed by atoms with E-state index in [0.29, 0.717) is 30.5 Å². The molecule has 1 aromatic carbocycles. The summed E-state index contributed by atoms with van der Waals surface area (Å²) in [7, 11) is 0. The summed E-state index contributed by atoms with van der Waals surface area (Å²) >= 11 is 0. The van der Waals surface area contributed by atoms with Gasteiger partial charge in [-0.25, -0.2) is 9.78 Å². The lowest BCUT2D eigenvalue weighted by atomic mass is 9.66. The first-order chi connectivity index (χ1) is 14.5. The summed E-state index contributed by atoms with van der Waals surface area (Å²) in [5.41, 5.74) is 2.81. The van der Waals surface area contributed by atoms with Crippen molar-refractivity contribution in [3.63, 3.8) is 0 Å². The van der Waals surface area contributed by atoms with Crippen LogP contribution in [0, 0.1) is 28.6 Å². The average Bonchev–Trinajstić information content (AvgIpc) is 3.12. The lowest BCUT2D eigenvalue weighted by Crippen LogP contribution is -2.46. The Morgan fingerprint density at radius 2 is 2.13 bits per heavy atom. The van der Waals surface area contributed by atoms with Crippen molar-refractivity contribution in [2.75, 3.05) is 13.1 Å². The Labute approximate surface area is 178 Å². The molecule has 2 aliphatic carbocycles. The quantitative estimate of drug-likeness (QED) is 0.676. The standard InChI is InChI=1S/C24H32N4O2/c1-2-24(9-4-10-24)16-27(23(29)30)14-19-5-3-6-20(11-19)15-28-17-26-21-8-7-18(13-25)12-22(21)28/h7-8,12,17,19-20H,2-6,9-11,14-16H2,1H3,(H,29,30). The average molecular weight is 409 g/mol. The lowest BCUT2D eigenvalue weighted by Gasteiger charge is -2.45. The zero-order chi connectivity index (χ0) is 21.1. The number of carboxylic acid groups (broad SMARTS) is 1. The largest absolute Gasteiger partial charge is 0.465 e. The molecule has 160 valence electrons. The van der Waals surface area contributed by atoms with Crippen LogP contribution in [-0.4, -0.2) is 38.7 Å². The second-order valence-corrected chi connectivity index (χ2v) is 9.48. The molecule has 1 heterocycles. The van der Waals surface area contributed by atoms with E-state index >= 15 is 0 Å². The minimum absolute atomic E-state index is 0.223. The number of rotatable bonds is 7. The van der Waals surface area contributed by atoms with Gasteiger partial charge in [0, 0.05) is 19.6 Å². The molecule has 30 heavy (non-hydrogen) atoms. The molecule has 0 radical (unpaired) electrons. The number of nitriles is 1. The van der Waals surface area contributed by atoms with Crippen LogP contribution in [0.3, 0.4) is 0 Å². The molecule has 4 rings (SSSR count). The van der Waals surface area contributed by atoms with Crippen LogP contribution >= 0.6 is 0 Å². The fourth-order valence-electron chi connectivity index (χ4n) is 5.51. The van der Waals surface area contributed by atoms with Crippen molar-refractivity contribution in [2.45, 2.75) is 64.8 Å². The van der Waals surface area contributed by atoms with Crippen LogP contribution in [0.15, 0.2) is 24.5 Å². The second kappa shape index (κ2) is 8.67. The molecular formula is C24H32N4O2. The first-order valence-corrected chi connectivity index (χ1v) is 11.3. The number of fused-ring (bicyclic) bond motifs is 1. The van der Waals surface area contributed by atoms with Crippen molar-refractivity contribution in [1.82, 2.24) is 14.5 Å². The zero-order valence-electron chi connectivity index (χ0n) is 17.9. The minimum Gasteiger partial charge on any atom is -0.465 e. The van der Waals surface area contributed by atoms with Crippen LogP contribution in [0.5, 0.6) is 0 Å². The molecule has 2 fully saturated rings. The molecule has 6 nitrogen and oxygen atoms in total. The molecule has 2 aliphatic rings. The fourth-order valence-corrected chi connectivity index (χ4v) is 5.51. The third-order valence-electron chi connectivity index (χ3n) is 7.54. The van der Waals surface area contributed by atoms with Crippen molar-refractivity contribution < 1.29 is 9.90 Å². The Balaban J connectivity index is 1.40. The molecule has 1 aromatic heterocycles. The van der Waals surface area contributed by atoms with E-state index in [1.54, 1.807) is 4.90 Å². The molecular weight excluding hydrogens is 376 g/mol. The Morgan fingerprint density at radius 3 is 2.80 bits per heavy atom. The number of imidazole rings is 1. The van der Waals surface area contributed by atoms with Crippen LogP contribution < -0.4 is 0 Å². The predicted molar refractivity (Wildman–Crippen MR) is 116 cm³/mol. The molecule has 6 heteroatoms. The fraction of sp³-hybridized carbons (Fsp3) is 0.625. The summed E-state index contributed by atoms with van der Waals surface area (Å²) in [5.74, 6) is 0.949. The van der Waals surface area contributed by atoms with Crippen LogP contribution in [0.1, 0.15) is 63.9 Å². The van der Waals surface area contributed by atoms with E-state index in [2.05, 4.69) is 22.5 Å². The van der Waals surface area contributed by atoms with Gasteiger partial charge in [0.15, 0.2) is 0 Å². The summed E-state index contributed by atoms with van der Waals surface area (Å²) in [6.07, 6.45) is 10.2. The van der Waals surface area contributed by atoms with Gasteiger partial charge in [-0.3, -0.25) is 0 Å². The van der Waals surface area contributed by atoms with E-state index in [4.69, 9.17) is 0 Å². The smallest absolute Gasteiger partial charge is 0.407 e. The molecule has 0 saturated heterocycles. The van der Waals surface area contributed by atoms with Crippen LogP contribution in [0.4, 0.5) is 4.79 Å². The number of aromatic nitrogens is 2. The number of nitrogens with zero attached hydrogens (tertiary/aromatic N) is 4. The molecule has 0 aliphatic heterocycles. The van der Waals surface area contributed by atoms with E-state index in [0.717, 1.165) is 43.3 Å². The van der Waals surface area contributed by atoms with Crippen molar-refractivity contribution in [2.24, 2.45) is 17.3 Å². The highest BCUT2D eigenvalue weighted by atomic mass is 16.4. The minimum atomic E-state index is -0.763. The number of hydrogen-bond acceptors (Lipinski definition) is 3. The van der Waals surface area contributed by atoms with Crippen LogP contribution in [-0.2, 0) is 6.54 Å². The summed E-state index contributed by atoms with van der Waals surface area (Å²) in [4.78, 5) is 18.1. The molecule has 2 atom stereocenters. The Bertz CT molecular complexity index is 935. The third kappa shape index (κ3) is 4.30. The van der Waals surface area contributed by atoms with E-state index in [1.165, 1.54) is 25.7 Å². The summed E-state index contributed by atoms with van der Waals surface area (Å²) in [5, 5.41) is 19.0. The van der Waals surface area contributed by atoms with Gasteiger partial charge in [-0.2, -0.15) is 5.26 Å². The Morgan fingerprint density at radius 1 is 1.33 bits per heavy atom. The number of carbonyl (C=O) groups is 1. The first-order valence-electron chi connectivity index (χ1n) is 11.3. The molecule has 0 spiro atoms. The van der Waals surface area contributed by atoms with Gasteiger partial charge in [0.1, 0.15) is 0 Å². The summed E-state index contributed by atoms with van der Waals surface area (Å²) < 4.78 is 2.17. The van der Waals surface area contributed by atoms with Gasteiger partial charge < -0.3 is 14.6 Å². The van der Waals surface area contributed by atoms with Crippen molar-refractivity contribution in [3.05, 3.63) is 30.1 Å². The SMILES string of the molecule is CCC1(CN(CC2CCCC(Cn3cnc4ccc(C#N)cc43)C2)C(=O)O)CCC1. The Kier molecular flexibility index (Phi) is 5.99. The topological polar surface area (TPSA) is 82.2 Å². The van der Waals surface area contributed by atoms with Gasteiger partial charge in [-0.1, -0.05) is 19.8 Å². The normalized spacial score (nSPS) is 22.9. The second-order valence-electron chi connectivity index (χ2n) is 9.48. The zero-order valence-corrected chi connectivity index (χ0v) is 17.9. The van der Waals surface area contributed by atoms with Gasteiger partial charge in [0.25, 0.3) is 0 Å². The van der Waals surface area contributed by atoms with E-state index in [1.807, 2.05) is 24.5 Å². The van der Waals surface area contributed by atoms with Crippen LogP contribution in [0.2, 0.25) is 0 Å². The highest BCUT2D eigenvalue weighted by Gasteiger charge is 2.38. The number of hydrogen-bond donors (Lipinski definition) is 1. The Hall–Kier alpha value is -2.55. The maximum absolute atomic E-state index is 11.9. The maximum atomic E-state index is 11.9. The van der Waals surface area contributed by atoms with Crippen LogP contribution in [0.25, 0.3) is 11.0 Å². The van der Waals surface area contributed by atoms with Gasteiger partial charge >= 0.3 is 6.09 Å². The number of amides is 1. The maximum Gasteiger partial charge on any atom is 0.407 e. The third-order valence-corrected chi connectivity index (χ3v) is 7.54. The molecule has 2 unspecified atom stereocenters. The molecule has 2 saturated carbocycles. The molecule has 1 N–H and O–H groups in total. The predicted octanol–water partition coefficient (Wildman–Crippen LogP) is 5.27. The van der Waals surface area contributed by atoms with Crippen molar-refractivity contribution in [3.8, 4) is 6.07 Å². The molecule has 0 bridgehead atoms. The van der Waals surface area contributed by atoms with Crippen molar-refractivity contribution in [1.29, 1.82) is 5.26 Å². The highest BCUT2D eigenvalue weighted by molar-refractivity contribution is 5.76. The highest BCUT2D eigenvalue weighted by Crippen LogP contribution is 2.44. The van der Waals surface area contributed by atoms with Gasteiger partial charge in [0.05, 0.1) is 29.0 Å². The molecule has 2 aromatic rings. The van der Waals surface area contributed by atoms with Gasteiger partial charge in [0.2, 0.25) is 0 Å². The van der Waals surface area contributed by atoms with E-state index in [-0.39, 0.29) is 5.41 Å². The lowest BCUT2D eigenvalue weighted by molar-refractivity contribution is 0.0475. The van der Waals surface area contributed by atoms with E-state index in [9.17, 15) is 15.2 Å². The van der Waals surface area contributed by atoms with Gasteiger partial charge in [-0.15, -0.1) is 0 Å². The monoisotopic (exact) mass is 408 g/mol. The summed E-state index contributed by atoms with van der Waals surface area (Å²) in [6.45, 7) is 4.44. The number of benzene rings is 1.